The van der Waals surface area contributed by atoms with Crippen LogP contribution in [-0.4, -0.2) is 23.7 Å². The maximum Gasteiger partial charge on any atom is 0.185 e. The first kappa shape index (κ1) is 11.9. The van der Waals surface area contributed by atoms with Gasteiger partial charge in [0.1, 0.15) is 0 Å². The molecule has 1 heterocycles. The maximum atomic E-state index is 9.31. The van der Waals surface area contributed by atoms with E-state index in [-0.39, 0.29) is 6.61 Å². The number of aromatic nitrogens is 1. The van der Waals surface area contributed by atoms with Crippen molar-refractivity contribution in [1.29, 1.82) is 0 Å². The molecular weight excluding hydrogens is 220 g/mol. The van der Waals surface area contributed by atoms with E-state index in [0.717, 1.165) is 28.2 Å². The highest BCUT2D eigenvalue weighted by Crippen LogP contribution is 2.34. The third kappa shape index (κ3) is 2.55. The van der Waals surface area contributed by atoms with E-state index >= 15 is 0 Å². The Kier molecular flexibility index (Phi) is 3.50. The molecule has 1 aromatic rings. The van der Waals surface area contributed by atoms with Crippen LogP contribution in [0.2, 0.25) is 0 Å². The van der Waals surface area contributed by atoms with Crippen LogP contribution in [0, 0.1) is 5.92 Å². The predicted octanol–water partition coefficient (Wildman–Crippen LogP) is 2.61. The third-order valence-corrected chi connectivity index (χ3v) is 4.13. The number of hydrogen-bond acceptors (Lipinski definition) is 4. The fraction of sp³-hybridized carbons (Fsp3) is 0.750. The lowest BCUT2D eigenvalue weighted by Crippen LogP contribution is -2.19. The molecule has 0 bridgehead atoms. The van der Waals surface area contributed by atoms with Crippen molar-refractivity contribution in [1.82, 2.24) is 4.98 Å². The summed E-state index contributed by atoms with van der Waals surface area (Å²) < 4.78 is 0. The minimum Gasteiger partial charge on any atom is -0.391 e. The minimum atomic E-state index is 0.114. The summed E-state index contributed by atoms with van der Waals surface area (Å²) in [6.45, 7) is 5.47. The van der Waals surface area contributed by atoms with Gasteiger partial charge in [-0.15, -0.1) is 0 Å². The molecule has 16 heavy (non-hydrogen) atoms. The summed E-state index contributed by atoms with van der Waals surface area (Å²) in [6, 6.07) is 0. The lowest BCUT2D eigenvalue weighted by atomic mass is 10.1. The van der Waals surface area contributed by atoms with Gasteiger partial charge in [-0.2, -0.15) is 0 Å². The molecule has 1 aliphatic rings. The number of aliphatic hydroxyl groups excluding tert-OH is 1. The van der Waals surface area contributed by atoms with Gasteiger partial charge in [-0.1, -0.05) is 25.2 Å². The molecule has 1 fully saturated rings. The molecule has 0 aliphatic heterocycles. The quantitative estimate of drug-likeness (QED) is 0.859. The van der Waals surface area contributed by atoms with Gasteiger partial charge in [0.2, 0.25) is 0 Å². The fourth-order valence-electron chi connectivity index (χ4n) is 1.84. The molecule has 0 amide bonds. The van der Waals surface area contributed by atoms with Crippen molar-refractivity contribution in [2.75, 3.05) is 18.5 Å². The Morgan fingerprint density at radius 1 is 1.50 bits per heavy atom. The van der Waals surface area contributed by atoms with Gasteiger partial charge in [-0.3, -0.25) is 0 Å². The smallest absolute Gasteiger partial charge is 0.185 e. The van der Waals surface area contributed by atoms with Crippen LogP contribution in [-0.2, 0) is 6.61 Å². The lowest BCUT2D eigenvalue weighted by Gasteiger charge is -2.14. The van der Waals surface area contributed by atoms with Crippen molar-refractivity contribution < 1.29 is 5.11 Å². The van der Waals surface area contributed by atoms with Crippen molar-refractivity contribution in [2.24, 2.45) is 5.92 Å². The van der Waals surface area contributed by atoms with E-state index in [1.807, 2.05) is 0 Å². The molecule has 90 valence electrons. The van der Waals surface area contributed by atoms with E-state index in [1.54, 1.807) is 11.3 Å². The summed E-state index contributed by atoms with van der Waals surface area (Å²) in [4.78, 5) is 7.90. The zero-order valence-electron chi connectivity index (χ0n) is 10.2. The summed E-state index contributed by atoms with van der Waals surface area (Å²) >= 11 is 1.63. The molecule has 0 radical (unpaired) electrons. The Bertz CT molecular complexity index is 358. The molecule has 0 spiro atoms. The summed E-state index contributed by atoms with van der Waals surface area (Å²) in [7, 11) is 2.10. The first-order chi connectivity index (χ1) is 7.61. The van der Waals surface area contributed by atoms with Crippen molar-refractivity contribution in [2.45, 2.75) is 39.2 Å². The molecule has 0 saturated heterocycles. The van der Waals surface area contributed by atoms with Gasteiger partial charge in [0.05, 0.1) is 17.2 Å². The van der Waals surface area contributed by atoms with Gasteiger partial charge in [0.25, 0.3) is 0 Å². The Morgan fingerprint density at radius 2 is 2.19 bits per heavy atom. The van der Waals surface area contributed by atoms with Gasteiger partial charge >= 0.3 is 0 Å². The first-order valence-corrected chi connectivity index (χ1v) is 6.75. The largest absolute Gasteiger partial charge is 0.391 e. The van der Waals surface area contributed by atoms with Crippen molar-refractivity contribution >= 4 is 16.5 Å². The Hall–Kier alpha value is -0.610. The SMILES string of the molecule is CC(C)c1nc(N(C)CC2CC2)sc1CO. The van der Waals surface area contributed by atoms with Crippen LogP contribution >= 0.6 is 11.3 Å². The number of nitrogens with zero attached hydrogens (tertiary/aromatic N) is 2. The van der Waals surface area contributed by atoms with E-state index in [9.17, 15) is 5.11 Å². The van der Waals surface area contributed by atoms with Crippen LogP contribution in [0.1, 0.15) is 43.2 Å². The summed E-state index contributed by atoms with van der Waals surface area (Å²) in [5.41, 5.74) is 1.06. The molecule has 0 unspecified atom stereocenters. The molecule has 1 N–H and O–H groups in total. The lowest BCUT2D eigenvalue weighted by molar-refractivity contribution is 0.283. The molecule has 4 heteroatoms. The molecule has 1 saturated carbocycles. The molecule has 1 aliphatic carbocycles. The predicted molar refractivity (Wildman–Crippen MR) is 68.1 cm³/mol. The molecule has 3 nitrogen and oxygen atoms in total. The summed E-state index contributed by atoms with van der Waals surface area (Å²) in [6.07, 6.45) is 2.72. The van der Waals surface area contributed by atoms with E-state index in [4.69, 9.17) is 0 Å². The van der Waals surface area contributed by atoms with Crippen LogP contribution in [0.5, 0.6) is 0 Å². The summed E-state index contributed by atoms with van der Waals surface area (Å²) in [5, 5.41) is 10.4. The second-order valence-electron chi connectivity index (χ2n) is 4.94. The van der Waals surface area contributed by atoms with Gasteiger partial charge in [0, 0.05) is 13.6 Å². The Morgan fingerprint density at radius 3 is 2.62 bits per heavy atom. The standard InChI is InChI=1S/C12H20N2OS/c1-8(2)11-10(7-15)16-12(13-11)14(3)6-9-4-5-9/h8-9,15H,4-7H2,1-3H3. The van der Waals surface area contributed by atoms with Gasteiger partial charge in [-0.25, -0.2) is 4.98 Å². The number of anilines is 1. The number of thiazole rings is 1. The Balaban J connectivity index is 2.13. The molecule has 0 aromatic carbocycles. The van der Waals surface area contributed by atoms with Crippen LogP contribution in [0.3, 0.4) is 0 Å². The molecule has 1 aromatic heterocycles. The maximum absolute atomic E-state index is 9.31. The molecular formula is C12H20N2OS. The second-order valence-corrected chi connectivity index (χ2v) is 6.00. The molecule has 2 rings (SSSR count). The highest BCUT2D eigenvalue weighted by molar-refractivity contribution is 7.15. The van der Waals surface area contributed by atoms with Crippen LogP contribution in [0.25, 0.3) is 0 Å². The highest BCUT2D eigenvalue weighted by Gasteiger charge is 2.24. The number of aliphatic hydroxyl groups is 1. The number of hydrogen-bond donors (Lipinski definition) is 1. The van der Waals surface area contributed by atoms with Gasteiger partial charge in [-0.05, 0) is 24.7 Å². The van der Waals surface area contributed by atoms with Crippen molar-refractivity contribution in [3.8, 4) is 0 Å². The summed E-state index contributed by atoms with van der Waals surface area (Å²) in [5.74, 6) is 1.26. The first-order valence-electron chi connectivity index (χ1n) is 5.93. The van der Waals surface area contributed by atoms with Gasteiger partial charge in [0.15, 0.2) is 5.13 Å². The fourth-order valence-corrected chi connectivity index (χ4v) is 2.89. The zero-order valence-corrected chi connectivity index (χ0v) is 11.0. The topological polar surface area (TPSA) is 36.4 Å². The van der Waals surface area contributed by atoms with Gasteiger partial charge < -0.3 is 10.0 Å². The van der Waals surface area contributed by atoms with E-state index in [1.165, 1.54) is 12.8 Å². The minimum absolute atomic E-state index is 0.114. The van der Waals surface area contributed by atoms with E-state index in [0.29, 0.717) is 5.92 Å². The van der Waals surface area contributed by atoms with Crippen molar-refractivity contribution in [3.63, 3.8) is 0 Å². The Labute approximate surface area is 101 Å². The average Bonchev–Trinajstić information content (AvgIpc) is 2.94. The second kappa shape index (κ2) is 4.72. The van der Waals surface area contributed by atoms with E-state index < -0.39 is 0 Å². The monoisotopic (exact) mass is 240 g/mol. The van der Waals surface area contributed by atoms with Crippen LogP contribution < -0.4 is 4.90 Å². The average molecular weight is 240 g/mol. The normalized spacial score (nSPS) is 15.8. The molecule has 0 atom stereocenters. The number of rotatable bonds is 5. The van der Waals surface area contributed by atoms with Crippen LogP contribution in [0.15, 0.2) is 0 Å². The van der Waals surface area contributed by atoms with Crippen molar-refractivity contribution in [3.05, 3.63) is 10.6 Å². The van der Waals surface area contributed by atoms with Crippen LogP contribution in [0.4, 0.5) is 5.13 Å². The highest BCUT2D eigenvalue weighted by atomic mass is 32.1. The van der Waals surface area contributed by atoms with E-state index in [2.05, 4.69) is 30.8 Å². The third-order valence-electron chi connectivity index (χ3n) is 2.96. The zero-order chi connectivity index (χ0) is 11.7.